The zero-order chi connectivity index (χ0) is 25.5. The zero-order valence-corrected chi connectivity index (χ0v) is 21.2. The van der Waals surface area contributed by atoms with E-state index < -0.39 is 5.25 Å². The summed E-state index contributed by atoms with van der Waals surface area (Å²) in [6.45, 7) is 3.89. The van der Waals surface area contributed by atoms with Gasteiger partial charge in [0.15, 0.2) is 0 Å². The minimum atomic E-state index is -0.457. The molecule has 2 aromatic carbocycles. The molecule has 0 aliphatic carbocycles. The summed E-state index contributed by atoms with van der Waals surface area (Å²) in [6.07, 6.45) is 2.22. The van der Waals surface area contributed by atoms with Gasteiger partial charge in [0, 0.05) is 17.3 Å². The zero-order valence-electron chi connectivity index (χ0n) is 20.4. The molecular weight excluding hydrogens is 468 g/mol. The molecule has 1 atom stereocenters. The Bertz CT molecular complexity index is 1400. The van der Waals surface area contributed by atoms with E-state index in [1.165, 1.54) is 11.8 Å². The van der Waals surface area contributed by atoms with E-state index in [0.29, 0.717) is 22.8 Å². The molecule has 0 fully saturated rings. The number of carbonyl (C=O) groups is 1. The molecule has 0 spiro atoms. The predicted molar refractivity (Wildman–Crippen MR) is 144 cm³/mol. The number of anilines is 1. The number of hydrogen-bond donors (Lipinski definition) is 1. The van der Waals surface area contributed by atoms with Crippen LogP contribution in [0.1, 0.15) is 24.5 Å². The number of ether oxygens (including phenoxy) is 1. The number of carbonyl (C=O) groups excluding carboxylic acids is 1. The van der Waals surface area contributed by atoms with Crippen LogP contribution in [0.5, 0.6) is 5.75 Å². The van der Waals surface area contributed by atoms with Gasteiger partial charge in [0.2, 0.25) is 5.91 Å². The number of rotatable bonds is 8. The quantitative estimate of drug-likeness (QED) is 0.281. The molecule has 1 unspecified atom stereocenters. The van der Waals surface area contributed by atoms with E-state index in [2.05, 4.69) is 16.4 Å². The van der Waals surface area contributed by atoms with E-state index >= 15 is 0 Å². The number of pyridine rings is 2. The number of thioether (sulfide) groups is 1. The van der Waals surface area contributed by atoms with Gasteiger partial charge in [-0.2, -0.15) is 5.26 Å². The van der Waals surface area contributed by atoms with Crippen molar-refractivity contribution in [1.29, 1.82) is 5.26 Å². The van der Waals surface area contributed by atoms with Crippen molar-refractivity contribution in [1.82, 2.24) is 9.97 Å². The Kier molecular flexibility index (Phi) is 7.99. The van der Waals surface area contributed by atoms with E-state index in [1.807, 2.05) is 86.6 Å². The lowest BCUT2D eigenvalue weighted by molar-refractivity contribution is -0.115. The van der Waals surface area contributed by atoms with Crippen molar-refractivity contribution < 1.29 is 9.53 Å². The second kappa shape index (κ2) is 11.5. The van der Waals surface area contributed by atoms with Gasteiger partial charge in [0.25, 0.3) is 0 Å². The first-order chi connectivity index (χ1) is 17.5. The summed E-state index contributed by atoms with van der Waals surface area (Å²) in [6, 6.07) is 25.3. The Hall–Kier alpha value is -4.15. The highest BCUT2D eigenvalue weighted by molar-refractivity contribution is 8.00. The molecule has 2 aromatic heterocycles. The van der Waals surface area contributed by atoms with Crippen LogP contribution < -0.4 is 10.1 Å². The summed E-state index contributed by atoms with van der Waals surface area (Å²) in [4.78, 5) is 22.2. The highest BCUT2D eigenvalue weighted by Gasteiger charge is 2.24. The summed E-state index contributed by atoms with van der Waals surface area (Å²) in [5.74, 6) is 1.06. The Labute approximate surface area is 215 Å². The largest absolute Gasteiger partial charge is 0.497 e. The second-order valence-corrected chi connectivity index (χ2v) is 9.36. The predicted octanol–water partition coefficient (Wildman–Crippen LogP) is 6.51. The first kappa shape index (κ1) is 25.0. The number of hydrogen-bond acceptors (Lipinski definition) is 6. The minimum Gasteiger partial charge on any atom is -0.497 e. The van der Waals surface area contributed by atoms with Crippen molar-refractivity contribution in [3.05, 3.63) is 90.1 Å². The number of methoxy groups -OCH3 is 1. The third kappa shape index (κ3) is 5.73. The summed E-state index contributed by atoms with van der Waals surface area (Å²) in [7, 11) is 1.62. The maximum atomic E-state index is 13.1. The molecule has 4 rings (SSSR count). The molecule has 180 valence electrons. The molecule has 4 aromatic rings. The van der Waals surface area contributed by atoms with Gasteiger partial charge in [-0.3, -0.25) is 4.79 Å². The highest BCUT2D eigenvalue weighted by Crippen LogP contribution is 2.37. The molecule has 2 heterocycles. The third-order valence-corrected chi connectivity index (χ3v) is 7.00. The van der Waals surface area contributed by atoms with Crippen LogP contribution in [0.15, 0.2) is 84.0 Å². The van der Waals surface area contributed by atoms with Crippen LogP contribution in [0.25, 0.3) is 22.4 Å². The maximum absolute atomic E-state index is 13.1. The summed E-state index contributed by atoms with van der Waals surface area (Å²) >= 11 is 1.30. The fourth-order valence-corrected chi connectivity index (χ4v) is 4.76. The number of aromatic nitrogens is 2. The van der Waals surface area contributed by atoms with Gasteiger partial charge in [-0.15, -0.1) is 0 Å². The normalized spacial score (nSPS) is 11.4. The molecule has 0 saturated carbocycles. The van der Waals surface area contributed by atoms with E-state index in [-0.39, 0.29) is 5.91 Å². The Morgan fingerprint density at radius 2 is 1.83 bits per heavy atom. The molecule has 36 heavy (non-hydrogen) atoms. The first-order valence-corrected chi connectivity index (χ1v) is 12.5. The molecule has 1 amide bonds. The van der Waals surface area contributed by atoms with Crippen LogP contribution >= 0.6 is 11.8 Å². The van der Waals surface area contributed by atoms with Crippen LogP contribution in [0.3, 0.4) is 0 Å². The van der Waals surface area contributed by atoms with Gasteiger partial charge in [-0.1, -0.05) is 61.2 Å². The highest BCUT2D eigenvalue weighted by atomic mass is 32.2. The Morgan fingerprint density at radius 3 is 2.47 bits per heavy atom. The lowest BCUT2D eigenvalue weighted by Gasteiger charge is -2.17. The second-order valence-electron chi connectivity index (χ2n) is 8.16. The van der Waals surface area contributed by atoms with Crippen LogP contribution in [-0.2, 0) is 4.79 Å². The number of benzene rings is 2. The Balaban J connectivity index is 1.75. The molecule has 0 radical (unpaired) electrons. The topological polar surface area (TPSA) is 87.9 Å². The molecule has 1 N–H and O–H groups in total. The summed E-state index contributed by atoms with van der Waals surface area (Å²) < 4.78 is 5.30. The number of amides is 1. The molecule has 0 aliphatic heterocycles. The van der Waals surface area contributed by atoms with Gasteiger partial charge >= 0.3 is 0 Å². The fraction of sp³-hybridized carbons (Fsp3) is 0.172. The smallest absolute Gasteiger partial charge is 0.239 e. The molecular formula is C29H26N4O2S. The SMILES string of the molecule is CCC(Sc1nc(-c2ccccc2)cc(-c2ccc(OC)cc2)c1C#N)C(=O)Nc1cc(C)ccn1. The molecule has 6 nitrogen and oxygen atoms in total. The van der Waals surface area contributed by atoms with Gasteiger partial charge in [0.05, 0.1) is 23.6 Å². The lowest BCUT2D eigenvalue weighted by atomic mass is 9.99. The van der Waals surface area contributed by atoms with Crippen LogP contribution in [0, 0.1) is 18.3 Å². The standard InChI is InChI=1S/C29H26N4O2S/c1-4-26(28(34)33-27-16-19(2)14-15-31-27)36-29-24(18-30)23(20-10-12-22(35-3)13-11-20)17-25(32-29)21-8-6-5-7-9-21/h5-17,26H,4H2,1-3H3,(H,31,33,34). The van der Waals surface area contributed by atoms with E-state index in [0.717, 1.165) is 33.7 Å². The molecule has 0 bridgehead atoms. The number of nitrogens with one attached hydrogen (secondary N) is 1. The molecule has 7 heteroatoms. The van der Waals surface area contributed by atoms with E-state index in [1.54, 1.807) is 13.3 Å². The fourth-order valence-electron chi connectivity index (χ4n) is 3.74. The number of nitrogens with zero attached hydrogens (tertiary/aromatic N) is 3. The average molecular weight is 495 g/mol. The minimum absolute atomic E-state index is 0.178. The first-order valence-electron chi connectivity index (χ1n) is 11.6. The van der Waals surface area contributed by atoms with Crippen molar-refractivity contribution in [2.24, 2.45) is 0 Å². The van der Waals surface area contributed by atoms with Crippen LogP contribution in [0.2, 0.25) is 0 Å². The molecule has 0 aliphatic rings. The van der Waals surface area contributed by atoms with Crippen molar-refractivity contribution in [2.75, 3.05) is 12.4 Å². The van der Waals surface area contributed by atoms with Gasteiger partial charge in [0.1, 0.15) is 22.7 Å². The molecule has 0 saturated heterocycles. The summed E-state index contributed by atoms with van der Waals surface area (Å²) in [5.41, 5.74) is 4.74. The summed E-state index contributed by atoms with van der Waals surface area (Å²) in [5, 5.41) is 13.1. The number of nitriles is 1. The van der Waals surface area contributed by atoms with Crippen molar-refractivity contribution in [2.45, 2.75) is 30.5 Å². The van der Waals surface area contributed by atoms with E-state index in [4.69, 9.17) is 9.72 Å². The van der Waals surface area contributed by atoms with E-state index in [9.17, 15) is 10.1 Å². The monoisotopic (exact) mass is 494 g/mol. The number of aryl methyl sites for hydroxylation is 1. The lowest BCUT2D eigenvalue weighted by Crippen LogP contribution is -2.25. The maximum Gasteiger partial charge on any atom is 0.239 e. The van der Waals surface area contributed by atoms with Crippen molar-refractivity contribution in [3.8, 4) is 34.2 Å². The van der Waals surface area contributed by atoms with Gasteiger partial charge < -0.3 is 10.1 Å². The average Bonchev–Trinajstić information content (AvgIpc) is 2.91. The van der Waals surface area contributed by atoms with Crippen LogP contribution in [0.4, 0.5) is 5.82 Å². The Morgan fingerprint density at radius 1 is 1.08 bits per heavy atom. The van der Waals surface area contributed by atoms with Crippen molar-refractivity contribution in [3.63, 3.8) is 0 Å². The van der Waals surface area contributed by atoms with Crippen LogP contribution in [-0.4, -0.2) is 28.2 Å². The van der Waals surface area contributed by atoms with Gasteiger partial charge in [-0.25, -0.2) is 9.97 Å². The van der Waals surface area contributed by atoms with Gasteiger partial charge in [-0.05, 0) is 54.8 Å². The van der Waals surface area contributed by atoms with Crippen molar-refractivity contribution >= 4 is 23.5 Å². The third-order valence-electron chi connectivity index (χ3n) is 5.65.